The minimum Gasteiger partial charge on any atom is -0.469 e. The number of aliphatic hydroxyl groups is 1. The Kier molecular flexibility index (Phi) is 4.94. The molecule has 0 aliphatic heterocycles. The highest BCUT2D eigenvalue weighted by Gasteiger charge is 2.07. The van der Waals surface area contributed by atoms with E-state index in [9.17, 15) is 4.79 Å². The summed E-state index contributed by atoms with van der Waals surface area (Å²) in [6.45, 7) is 2.05. The van der Waals surface area contributed by atoms with Crippen LogP contribution in [0.1, 0.15) is 19.8 Å². The highest BCUT2D eigenvalue weighted by atomic mass is 16.5. The lowest BCUT2D eigenvalue weighted by molar-refractivity contribution is -0.141. The van der Waals surface area contributed by atoms with Crippen molar-refractivity contribution in [2.45, 2.75) is 19.8 Å². The van der Waals surface area contributed by atoms with Crippen molar-refractivity contribution in [3.8, 4) is 0 Å². The molecule has 0 bridgehead atoms. The van der Waals surface area contributed by atoms with Crippen LogP contribution in [-0.4, -0.2) is 24.8 Å². The van der Waals surface area contributed by atoms with Crippen LogP contribution in [0.4, 0.5) is 0 Å². The number of esters is 1. The number of carbonyl (C=O) groups excluding carboxylic acids is 1. The van der Waals surface area contributed by atoms with Gasteiger partial charge in [-0.2, -0.15) is 0 Å². The topological polar surface area (TPSA) is 46.5 Å². The third-order valence-electron chi connectivity index (χ3n) is 1.36. The molecular formula is C7H14O3. The number of hydrogen-bond donors (Lipinski definition) is 1. The maximum atomic E-state index is 10.6. The van der Waals surface area contributed by atoms with Gasteiger partial charge in [-0.3, -0.25) is 4.79 Å². The second kappa shape index (κ2) is 5.23. The zero-order chi connectivity index (χ0) is 7.98. The highest BCUT2D eigenvalue weighted by molar-refractivity contribution is 5.69. The van der Waals surface area contributed by atoms with Crippen molar-refractivity contribution in [2.75, 3.05) is 13.7 Å². The quantitative estimate of drug-likeness (QED) is 0.590. The van der Waals surface area contributed by atoms with Gasteiger partial charge >= 0.3 is 5.97 Å². The number of methoxy groups -OCH3 is 1. The van der Waals surface area contributed by atoms with Gasteiger partial charge in [-0.1, -0.05) is 6.92 Å². The number of carbonyl (C=O) groups is 1. The average molecular weight is 146 g/mol. The summed E-state index contributed by atoms with van der Waals surface area (Å²) in [5.41, 5.74) is 0. The largest absolute Gasteiger partial charge is 0.469 e. The first-order valence-corrected chi connectivity index (χ1v) is 3.38. The van der Waals surface area contributed by atoms with E-state index in [4.69, 9.17) is 5.11 Å². The van der Waals surface area contributed by atoms with Crippen LogP contribution in [0.3, 0.4) is 0 Å². The zero-order valence-electron chi connectivity index (χ0n) is 6.46. The Balaban J connectivity index is 3.37. The molecule has 0 saturated heterocycles. The van der Waals surface area contributed by atoms with Crippen molar-refractivity contribution >= 4 is 5.97 Å². The van der Waals surface area contributed by atoms with Crippen molar-refractivity contribution in [2.24, 2.45) is 5.92 Å². The maximum absolute atomic E-state index is 10.6. The Hall–Kier alpha value is -0.570. The fraction of sp³-hybridized carbons (Fsp3) is 0.857. The summed E-state index contributed by atoms with van der Waals surface area (Å²) >= 11 is 0. The molecule has 1 atom stereocenters. The normalized spacial score (nSPS) is 12.7. The molecule has 0 spiro atoms. The lowest BCUT2D eigenvalue weighted by Gasteiger charge is -2.06. The standard InChI is InChI=1S/C7H14O3/c1-6(3-4-8)5-7(9)10-2/h6,8H,3-5H2,1-2H3. The Labute approximate surface area is 61.0 Å². The van der Waals surface area contributed by atoms with Crippen LogP contribution in [0, 0.1) is 5.92 Å². The third kappa shape index (κ3) is 4.32. The minimum absolute atomic E-state index is 0.137. The zero-order valence-corrected chi connectivity index (χ0v) is 6.46. The Morgan fingerprint density at radius 3 is 2.70 bits per heavy atom. The number of ether oxygens (including phenoxy) is 1. The molecule has 0 amide bonds. The predicted octanol–water partition coefficient (Wildman–Crippen LogP) is 0.568. The summed E-state index contributed by atoms with van der Waals surface area (Å²) in [4.78, 5) is 10.6. The highest BCUT2D eigenvalue weighted by Crippen LogP contribution is 2.06. The summed E-state index contributed by atoms with van der Waals surface area (Å²) in [5, 5.41) is 8.47. The molecule has 0 aromatic rings. The van der Waals surface area contributed by atoms with Crippen LogP contribution < -0.4 is 0 Å². The van der Waals surface area contributed by atoms with Gasteiger partial charge in [0.15, 0.2) is 0 Å². The number of aliphatic hydroxyl groups excluding tert-OH is 1. The molecule has 1 unspecified atom stereocenters. The van der Waals surface area contributed by atoms with Crippen LogP contribution in [0.2, 0.25) is 0 Å². The Morgan fingerprint density at radius 1 is 1.70 bits per heavy atom. The molecule has 3 heteroatoms. The van der Waals surface area contributed by atoms with E-state index in [0.717, 1.165) is 0 Å². The number of hydrogen-bond acceptors (Lipinski definition) is 3. The van der Waals surface area contributed by atoms with Crippen molar-refractivity contribution in [1.29, 1.82) is 0 Å². The lowest BCUT2D eigenvalue weighted by atomic mass is 10.1. The molecule has 1 N–H and O–H groups in total. The fourth-order valence-corrected chi connectivity index (χ4v) is 0.690. The molecule has 0 aliphatic rings. The smallest absolute Gasteiger partial charge is 0.305 e. The van der Waals surface area contributed by atoms with Crippen LogP contribution in [0.25, 0.3) is 0 Å². The molecule has 0 rings (SSSR count). The average Bonchev–Trinajstić information content (AvgIpc) is 1.88. The third-order valence-corrected chi connectivity index (χ3v) is 1.36. The van der Waals surface area contributed by atoms with Crippen molar-refractivity contribution in [3.63, 3.8) is 0 Å². The van der Waals surface area contributed by atoms with Crippen molar-refractivity contribution in [3.05, 3.63) is 0 Å². The second-order valence-corrected chi connectivity index (χ2v) is 2.40. The van der Waals surface area contributed by atoms with E-state index in [1.165, 1.54) is 7.11 Å². The first kappa shape index (κ1) is 9.43. The van der Waals surface area contributed by atoms with E-state index in [1.807, 2.05) is 6.92 Å². The molecule has 0 aliphatic carbocycles. The van der Waals surface area contributed by atoms with Crippen molar-refractivity contribution in [1.82, 2.24) is 0 Å². The van der Waals surface area contributed by atoms with Gasteiger partial charge in [0.05, 0.1) is 7.11 Å². The molecule has 10 heavy (non-hydrogen) atoms. The van der Waals surface area contributed by atoms with Gasteiger partial charge < -0.3 is 9.84 Å². The fourth-order valence-electron chi connectivity index (χ4n) is 0.690. The van der Waals surface area contributed by atoms with Crippen LogP contribution in [0.5, 0.6) is 0 Å². The van der Waals surface area contributed by atoms with Crippen molar-refractivity contribution < 1.29 is 14.6 Å². The molecule has 0 fully saturated rings. The van der Waals surface area contributed by atoms with E-state index in [0.29, 0.717) is 12.8 Å². The van der Waals surface area contributed by atoms with Gasteiger partial charge in [0.2, 0.25) is 0 Å². The van der Waals surface area contributed by atoms with Gasteiger partial charge in [-0.25, -0.2) is 0 Å². The van der Waals surface area contributed by atoms with Gasteiger partial charge in [-0.15, -0.1) is 0 Å². The van der Waals surface area contributed by atoms with E-state index >= 15 is 0 Å². The van der Waals surface area contributed by atoms with E-state index in [2.05, 4.69) is 4.74 Å². The number of rotatable bonds is 4. The second-order valence-electron chi connectivity index (χ2n) is 2.40. The first-order chi connectivity index (χ1) is 4.70. The maximum Gasteiger partial charge on any atom is 0.305 e. The van der Waals surface area contributed by atoms with Gasteiger partial charge in [0, 0.05) is 13.0 Å². The van der Waals surface area contributed by atoms with Gasteiger partial charge in [-0.05, 0) is 12.3 Å². The summed E-state index contributed by atoms with van der Waals surface area (Å²) in [5.74, 6) is 0.0124. The SMILES string of the molecule is COC(=O)CC(C)CCO. The van der Waals surface area contributed by atoms with Crippen LogP contribution >= 0.6 is 0 Å². The molecule has 0 heterocycles. The summed E-state index contributed by atoms with van der Waals surface area (Å²) < 4.78 is 4.45. The van der Waals surface area contributed by atoms with Crippen LogP contribution in [-0.2, 0) is 9.53 Å². The minimum atomic E-state index is -0.207. The molecule has 0 radical (unpaired) electrons. The van der Waals surface area contributed by atoms with E-state index in [-0.39, 0.29) is 18.5 Å². The molecule has 3 nitrogen and oxygen atoms in total. The van der Waals surface area contributed by atoms with Crippen LogP contribution in [0.15, 0.2) is 0 Å². The summed E-state index contributed by atoms with van der Waals surface area (Å²) in [6, 6.07) is 0. The first-order valence-electron chi connectivity index (χ1n) is 3.38. The molecular weight excluding hydrogens is 132 g/mol. The molecule has 0 saturated carbocycles. The summed E-state index contributed by atoms with van der Waals surface area (Å²) in [6.07, 6.45) is 1.06. The monoisotopic (exact) mass is 146 g/mol. The summed E-state index contributed by atoms with van der Waals surface area (Å²) in [7, 11) is 1.37. The predicted molar refractivity (Wildman–Crippen MR) is 37.5 cm³/mol. The molecule has 60 valence electrons. The van der Waals surface area contributed by atoms with Gasteiger partial charge in [0.25, 0.3) is 0 Å². The lowest BCUT2D eigenvalue weighted by Crippen LogP contribution is -2.08. The Morgan fingerprint density at radius 2 is 2.30 bits per heavy atom. The van der Waals surface area contributed by atoms with E-state index in [1.54, 1.807) is 0 Å². The Bertz CT molecular complexity index is 101. The van der Waals surface area contributed by atoms with E-state index < -0.39 is 0 Å². The molecule has 0 aromatic carbocycles. The van der Waals surface area contributed by atoms with Gasteiger partial charge in [0.1, 0.15) is 0 Å². The molecule has 0 aromatic heterocycles.